The number of nitrogens with one attached hydrogen (secondary N) is 1. The fraction of sp³-hybridized carbons (Fsp3) is 0.400. The normalized spacial score (nSPS) is 14.4. The van der Waals surface area contributed by atoms with Crippen molar-refractivity contribution in [2.75, 3.05) is 25.0 Å². The zero-order valence-electron chi connectivity index (χ0n) is 21.0. The summed E-state index contributed by atoms with van der Waals surface area (Å²) in [4.78, 5) is 33.3. The van der Waals surface area contributed by atoms with Gasteiger partial charge in [-0.2, -0.15) is 0 Å². The number of ether oxygens (including phenoxy) is 2. The molecule has 202 valence electrons. The Kier molecular flexibility index (Phi) is 7.95. The average molecular weight is 594 g/mol. The first-order chi connectivity index (χ1) is 17.9. The zero-order chi connectivity index (χ0) is 27.6. The molecule has 0 aliphatic carbocycles. The van der Waals surface area contributed by atoms with Crippen LogP contribution in [0.5, 0.6) is 5.75 Å². The molecule has 1 aliphatic rings. The Morgan fingerprint density at radius 1 is 1.18 bits per heavy atom. The molecule has 0 saturated carbocycles. The largest absolute Gasteiger partial charge is 0.486 e. The fourth-order valence-corrected chi connectivity index (χ4v) is 4.43. The lowest BCUT2D eigenvalue weighted by atomic mass is 9.98. The summed E-state index contributed by atoms with van der Waals surface area (Å²) in [5, 5.41) is 14.6. The third-order valence-corrected chi connectivity index (χ3v) is 6.36. The number of rotatable bonds is 6. The maximum absolute atomic E-state index is 14.4. The minimum Gasteiger partial charge on any atom is -0.486 e. The van der Waals surface area contributed by atoms with Crippen molar-refractivity contribution in [1.82, 2.24) is 14.9 Å². The number of fused-ring (bicyclic) bond motifs is 1. The second kappa shape index (κ2) is 11.0. The first-order valence-corrected chi connectivity index (χ1v) is 12.7. The Balaban J connectivity index is 1.50. The van der Waals surface area contributed by atoms with Gasteiger partial charge in [0.2, 0.25) is 0 Å². The first-order valence-electron chi connectivity index (χ1n) is 11.9. The minimum atomic E-state index is -0.865. The van der Waals surface area contributed by atoms with Crippen LogP contribution in [0.25, 0.3) is 10.9 Å². The summed E-state index contributed by atoms with van der Waals surface area (Å²) in [7, 11) is 0. The smallest absolute Gasteiger partial charge is 0.410 e. The maximum atomic E-state index is 14.4. The summed E-state index contributed by atoms with van der Waals surface area (Å²) < 4.78 is 40.2. The van der Waals surface area contributed by atoms with Crippen molar-refractivity contribution in [1.29, 1.82) is 0 Å². The predicted octanol–water partition coefficient (Wildman–Crippen LogP) is 6.35. The molecule has 1 saturated heterocycles. The van der Waals surface area contributed by atoms with E-state index in [1.807, 2.05) is 20.8 Å². The Morgan fingerprint density at radius 2 is 1.84 bits per heavy atom. The van der Waals surface area contributed by atoms with Crippen molar-refractivity contribution in [3.8, 4) is 5.75 Å². The summed E-state index contributed by atoms with van der Waals surface area (Å²) in [6, 6.07) is 4.79. The van der Waals surface area contributed by atoms with Crippen LogP contribution in [0.15, 0.2) is 35.1 Å². The fourth-order valence-electron chi connectivity index (χ4n) is 4.03. The van der Waals surface area contributed by atoms with E-state index in [0.29, 0.717) is 31.4 Å². The number of anilines is 2. The highest BCUT2D eigenvalue weighted by Crippen LogP contribution is 2.36. The Hall–Kier alpha value is -3.61. The van der Waals surface area contributed by atoms with Crippen LogP contribution in [-0.2, 0) is 4.74 Å². The molecule has 2 heterocycles. The molecule has 1 aromatic heterocycles. The topological polar surface area (TPSA) is 120 Å². The number of likely N-dealkylation sites (tertiary alicyclic amines) is 1. The van der Waals surface area contributed by atoms with Crippen LogP contribution in [-0.4, -0.2) is 51.2 Å². The molecule has 4 rings (SSSR count). The number of hydrogen-bond acceptors (Lipinski definition) is 8. The first kappa shape index (κ1) is 27.4. The number of nitro groups is 1. The Bertz CT molecular complexity index is 1350. The summed E-state index contributed by atoms with van der Waals surface area (Å²) in [6.07, 6.45) is 2.12. The number of nitrogens with zero attached hydrogens (tertiary/aromatic N) is 4. The quantitative estimate of drug-likeness (QED) is 0.259. The average Bonchev–Trinajstić information content (AvgIpc) is 2.83. The van der Waals surface area contributed by atoms with Crippen LogP contribution >= 0.6 is 15.9 Å². The molecule has 10 nitrogen and oxygen atoms in total. The van der Waals surface area contributed by atoms with Crippen LogP contribution in [0.2, 0.25) is 0 Å². The maximum Gasteiger partial charge on any atom is 0.410 e. The minimum absolute atomic E-state index is 0.000660. The number of carbonyl (C=O) groups is 1. The van der Waals surface area contributed by atoms with Crippen LogP contribution < -0.4 is 10.1 Å². The highest BCUT2D eigenvalue weighted by Gasteiger charge is 2.28. The molecule has 1 N–H and O–H groups in total. The zero-order valence-corrected chi connectivity index (χ0v) is 22.5. The van der Waals surface area contributed by atoms with Gasteiger partial charge in [-0.25, -0.2) is 23.5 Å². The van der Waals surface area contributed by atoms with Gasteiger partial charge in [0, 0.05) is 29.7 Å². The van der Waals surface area contributed by atoms with Gasteiger partial charge in [0.15, 0.2) is 17.4 Å². The Morgan fingerprint density at radius 3 is 2.45 bits per heavy atom. The highest BCUT2D eigenvalue weighted by atomic mass is 79.9. The third-order valence-electron chi connectivity index (χ3n) is 5.90. The molecule has 2 aromatic carbocycles. The van der Waals surface area contributed by atoms with Crippen LogP contribution in [0.1, 0.15) is 33.6 Å². The summed E-state index contributed by atoms with van der Waals surface area (Å²) >= 11 is 3.02. The van der Waals surface area contributed by atoms with Crippen molar-refractivity contribution in [3.63, 3.8) is 0 Å². The predicted molar refractivity (Wildman–Crippen MR) is 140 cm³/mol. The highest BCUT2D eigenvalue weighted by molar-refractivity contribution is 9.10. The Labute approximate surface area is 225 Å². The van der Waals surface area contributed by atoms with E-state index in [1.54, 1.807) is 4.90 Å². The number of aromatic nitrogens is 2. The van der Waals surface area contributed by atoms with Gasteiger partial charge < -0.3 is 19.7 Å². The van der Waals surface area contributed by atoms with E-state index in [9.17, 15) is 23.7 Å². The van der Waals surface area contributed by atoms with E-state index in [1.165, 1.54) is 18.5 Å². The van der Waals surface area contributed by atoms with E-state index in [0.717, 1.165) is 12.1 Å². The second-order valence-electron chi connectivity index (χ2n) is 9.91. The number of hydrogen-bond donors (Lipinski definition) is 1. The number of piperidine rings is 1. The molecule has 3 aromatic rings. The van der Waals surface area contributed by atoms with Crippen molar-refractivity contribution in [2.45, 2.75) is 39.2 Å². The molecular formula is C25H26BrF2N5O5. The van der Waals surface area contributed by atoms with Gasteiger partial charge in [-0.1, -0.05) is 15.9 Å². The van der Waals surface area contributed by atoms with Gasteiger partial charge in [-0.3, -0.25) is 10.1 Å². The van der Waals surface area contributed by atoms with Gasteiger partial charge in [0.1, 0.15) is 23.4 Å². The molecule has 0 spiro atoms. The molecule has 0 bridgehead atoms. The molecule has 1 amide bonds. The second-order valence-corrected chi connectivity index (χ2v) is 10.8. The number of benzene rings is 2. The van der Waals surface area contributed by atoms with E-state index in [2.05, 4.69) is 31.2 Å². The van der Waals surface area contributed by atoms with Gasteiger partial charge >= 0.3 is 11.8 Å². The molecule has 38 heavy (non-hydrogen) atoms. The van der Waals surface area contributed by atoms with Crippen molar-refractivity contribution >= 4 is 50.1 Å². The lowest BCUT2D eigenvalue weighted by molar-refractivity contribution is -0.385. The molecular weight excluding hydrogens is 568 g/mol. The van der Waals surface area contributed by atoms with E-state index < -0.39 is 27.8 Å². The summed E-state index contributed by atoms with van der Waals surface area (Å²) in [6.45, 7) is 6.62. The molecule has 0 unspecified atom stereocenters. The van der Waals surface area contributed by atoms with Crippen LogP contribution in [0, 0.1) is 27.7 Å². The standard InChI is InChI=1S/C25H26BrF2N5O5/c1-25(2,3)38-24(34)32-6-4-14(5-7-32)12-37-21-11-19-16(10-20(21)33(35)36)23(30-13-29-19)31-22-17(27)8-15(26)9-18(22)28/h8-11,13-14H,4-7,12H2,1-3H3,(H,29,30,31). The van der Waals surface area contributed by atoms with Gasteiger partial charge in [-0.15, -0.1) is 0 Å². The van der Waals surface area contributed by atoms with Crippen molar-refractivity contribution < 1.29 is 28.0 Å². The van der Waals surface area contributed by atoms with E-state index >= 15 is 0 Å². The number of amides is 1. The van der Waals surface area contributed by atoms with Gasteiger partial charge in [-0.05, 0) is 51.7 Å². The monoisotopic (exact) mass is 593 g/mol. The number of halogens is 3. The summed E-state index contributed by atoms with van der Waals surface area (Å²) in [5.74, 6) is -1.64. The van der Waals surface area contributed by atoms with Crippen molar-refractivity contribution in [2.24, 2.45) is 5.92 Å². The van der Waals surface area contributed by atoms with E-state index in [4.69, 9.17) is 9.47 Å². The van der Waals surface area contributed by atoms with Gasteiger partial charge in [0.25, 0.3) is 0 Å². The van der Waals surface area contributed by atoms with Crippen LogP contribution in [0.4, 0.5) is 30.8 Å². The third kappa shape index (κ3) is 6.44. The molecule has 13 heteroatoms. The summed E-state index contributed by atoms with van der Waals surface area (Å²) in [5.41, 5.74) is -1.07. The number of carbonyl (C=O) groups excluding carboxylic acids is 1. The lowest BCUT2D eigenvalue weighted by Crippen LogP contribution is -2.42. The molecule has 0 radical (unpaired) electrons. The van der Waals surface area contributed by atoms with Crippen molar-refractivity contribution in [3.05, 3.63) is 56.8 Å². The number of nitro benzene ring substituents is 1. The molecule has 1 aliphatic heterocycles. The SMILES string of the molecule is CC(C)(C)OC(=O)N1CCC(COc2cc3ncnc(Nc4c(F)cc(Br)cc4F)c3cc2[N+](=O)[O-])CC1. The van der Waals surface area contributed by atoms with E-state index in [-0.39, 0.29) is 45.7 Å². The lowest BCUT2D eigenvalue weighted by Gasteiger charge is -2.33. The van der Waals surface area contributed by atoms with Crippen LogP contribution in [0.3, 0.4) is 0 Å². The molecule has 0 atom stereocenters. The molecule has 1 fully saturated rings. The van der Waals surface area contributed by atoms with Gasteiger partial charge in [0.05, 0.1) is 22.4 Å².